The normalized spacial score (nSPS) is 19.2. The Kier molecular flexibility index (Phi) is 4.04. The van der Waals surface area contributed by atoms with Gasteiger partial charge in [0, 0.05) is 24.8 Å². The lowest BCUT2D eigenvalue weighted by atomic mass is 10.1. The molecule has 0 aliphatic carbocycles. The van der Waals surface area contributed by atoms with Crippen LogP contribution in [0.2, 0.25) is 0 Å². The van der Waals surface area contributed by atoms with Crippen molar-refractivity contribution in [1.29, 1.82) is 5.41 Å². The number of anilines is 1. The van der Waals surface area contributed by atoms with Gasteiger partial charge in [0.2, 0.25) is 0 Å². The van der Waals surface area contributed by atoms with Gasteiger partial charge < -0.3 is 15.5 Å². The van der Waals surface area contributed by atoms with E-state index in [4.69, 9.17) is 11.1 Å². The molecule has 1 aliphatic heterocycles. The number of nitrogens with one attached hydrogen (secondary N) is 1. The molecule has 104 valence electrons. The maximum absolute atomic E-state index is 7.72. The largest absolute Gasteiger partial charge is 0.384 e. The number of likely N-dealkylation sites (N-methyl/N-ethyl adjacent to an activating group) is 1. The topological polar surface area (TPSA) is 69.2 Å². The number of nitrogen functional groups attached to an aromatic ring is 1. The summed E-state index contributed by atoms with van der Waals surface area (Å²) in [6, 6.07) is 4.28. The number of hydrogen-bond acceptors (Lipinski definition) is 4. The van der Waals surface area contributed by atoms with Crippen molar-refractivity contribution < 1.29 is 0 Å². The first kappa shape index (κ1) is 13.8. The molecule has 5 heteroatoms. The fourth-order valence-corrected chi connectivity index (χ4v) is 2.70. The van der Waals surface area contributed by atoms with E-state index in [0.29, 0.717) is 6.04 Å². The van der Waals surface area contributed by atoms with Gasteiger partial charge in [0.15, 0.2) is 0 Å². The van der Waals surface area contributed by atoms with E-state index in [0.717, 1.165) is 30.2 Å². The maximum atomic E-state index is 7.72. The van der Waals surface area contributed by atoms with Crippen LogP contribution in [0.1, 0.15) is 24.1 Å². The predicted molar refractivity (Wildman–Crippen MR) is 78.9 cm³/mol. The predicted octanol–water partition coefficient (Wildman–Crippen LogP) is 1.20. The third kappa shape index (κ3) is 3.04. The highest BCUT2D eigenvalue weighted by Crippen LogP contribution is 2.27. The van der Waals surface area contributed by atoms with Gasteiger partial charge in [-0.05, 0) is 46.0 Å². The number of nitrogens with two attached hydrogens (primary N) is 1. The van der Waals surface area contributed by atoms with Crippen LogP contribution in [-0.4, -0.2) is 48.9 Å². The van der Waals surface area contributed by atoms with E-state index in [9.17, 15) is 0 Å². The van der Waals surface area contributed by atoms with Crippen LogP contribution in [-0.2, 0) is 0 Å². The average Bonchev–Trinajstić information content (AvgIpc) is 2.75. The van der Waals surface area contributed by atoms with Crippen LogP contribution in [0.15, 0.2) is 12.1 Å². The van der Waals surface area contributed by atoms with Crippen LogP contribution < -0.4 is 10.6 Å². The number of pyridine rings is 1. The lowest BCUT2D eigenvalue weighted by Crippen LogP contribution is -2.39. The molecule has 1 saturated heterocycles. The first-order valence-corrected chi connectivity index (χ1v) is 6.72. The molecule has 2 rings (SSSR count). The van der Waals surface area contributed by atoms with E-state index in [2.05, 4.69) is 28.9 Å². The van der Waals surface area contributed by atoms with Crippen LogP contribution in [0.3, 0.4) is 0 Å². The van der Waals surface area contributed by atoms with Gasteiger partial charge in [-0.1, -0.05) is 0 Å². The summed E-state index contributed by atoms with van der Waals surface area (Å²) < 4.78 is 0. The van der Waals surface area contributed by atoms with Crippen LogP contribution in [0.4, 0.5) is 5.82 Å². The molecule has 0 radical (unpaired) electrons. The maximum Gasteiger partial charge on any atom is 0.140 e. The van der Waals surface area contributed by atoms with Gasteiger partial charge in [-0.2, -0.15) is 0 Å². The Morgan fingerprint density at radius 2 is 2.26 bits per heavy atom. The molecule has 19 heavy (non-hydrogen) atoms. The first-order valence-electron chi connectivity index (χ1n) is 6.72. The number of aromatic nitrogens is 1. The lowest BCUT2D eigenvalue weighted by molar-refractivity contribution is 0.371. The minimum Gasteiger partial charge on any atom is -0.384 e. The molecule has 2 heterocycles. The van der Waals surface area contributed by atoms with E-state index in [1.54, 1.807) is 0 Å². The van der Waals surface area contributed by atoms with Gasteiger partial charge in [0.1, 0.15) is 11.7 Å². The van der Waals surface area contributed by atoms with Gasteiger partial charge in [-0.15, -0.1) is 0 Å². The summed E-state index contributed by atoms with van der Waals surface area (Å²) in [7, 11) is 4.18. The standard InChI is InChI=1S/C14H23N5/c1-10-6-7-12(13(15)16)14(17-10)19-8-4-5-11(19)9-18(2)3/h6-7,11H,4-5,8-9H2,1-3H3,(H3,15,16). The molecular weight excluding hydrogens is 238 g/mol. The summed E-state index contributed by atoms with van der Waals surface area (Å²) in [6.45, 7) is 3.98. The van der Waals surface area contributed by atoms with Crippen LogP contribution in [0.25, 0.3) is 0 Å². The number of hydrogen-bond donors (Lipinski definition) is 2. The van der Waals surface area contributed by atoms with E-state index in [1.165, 1.54) is 12.8 Å². The molecular formula is C14H23N5. The second-order valence-corrected chi connectivity index (χ2v) is 5.49. The number of amidine groups is 1. The first-order chi connectivity index (χ1) is 8.99. The van der Waals surface area contributed by atoms with E-state index in [-0.39, 0.29) is 5.84 Å². The van der Waals surface area contributed by atoms with Crippen molar-refractivity contribution in [3.63, 3.8) is 0 Å². The molecule has 0 bridgehead atoms. The minimum absolute atomic E-state index is 0.0954. The molecule has 0 saturated carbocycles. The van der Waals surface area contributed by atoms with Crippen LogP contribution in [0, 0.1) is 12.3 Å². The third-order valence-electron chi connectivity index (χ3n) is 3.53. The summed E-state index contributed by atoms with van der Waals surface area (Å²) in [5.41, 5.74) is 7.40. The fraction of sp³-hybridized carbons (Fsp3) is 0.571. The zero-order chi connectivity index (χ0) is 14.0. The zero-order valence-electron chi connectivity index (χ0n) is 12.0. The summed E-state index contributed by atoms with van der Waals surface area (Å²) in [4.78, 5) is 9.13. The van der Waals surface area contributed by atoms with Crippen molar-refractivity contribution >= 4 is 11.7 Å². The van der Waals surface area contributed by atoms with Crippen molar-refractivity contribution in [3.8, 4) is 0 Å². The highest BCUT2D eigenvalue weighted by molar-refractivity contribution is 5.99. The third-order valence-corrected chi connectivity index (χ3v) is 3.53. The van der Waals surface area contributed by atoms with Crippen molar-refractivity contribution in [3.05, 3.63) is 23.4 Å². The molecule has 1 aromatic rings. The van der Waals surface area contributed by atoms with Crippen LogP contribution in [0.5, 0.6) is 0 Å². The van der Waals surface area contributed by atoms with E-state index in [1.807, 2.05) is 19.1 Å². The average molecular weight is 261 g/mol. The summed E-state index contributed by atoms with van der Waals surface area (Å²) >= 11 is 0. The number of nitrogens with zero attached hydrogens (tertiary/aromatic N) is 3. The molecule has 1 aliphatic rings. The van der Waals surface area contributed by atoms with E-state index >= 15 is 0 Å². The minimum atomic E-state index is 0.0954. The SMILES string of the molecule is Cc1ccc(C(=N)N)c(N2CCCC2CN(C)C)n1. The molecule has 0 amide bonds. The van der Waals surface area contributed by atoms with Crippen molar-refractivity contribution in [2.45, 2.75) is 25.8 Å². The molecule has 0 spiro atoms. The Hall–Kier alpha value is -1.62. The van der Waals surface area contributed by atoms with Gasteiger partial charge in [-0.3, -0.25) is 5.41 Å². The molecule has 1 aromatic heterocycles. The van der Waals surface area contributed by atoms with Gasteiger partial charge in [-0.25, -0.2) is 4.98 Å². The second-order valence-electron chi connectivity index (χ2n) is 5.49. The summed E-state index contributed by atoms with van der Waals surface area (Å²) in [6.07, 6.45) is 2.34. The monoisotopic (exact) mass is 261 g/mol. The Morgan fingerprint density at radius 1 is 1.53 bits per heavy atom. The highest BCUT2D eigenvalue weighted by Gasteiger charge is 2.28. The Labute approximate surface area is 114 Å². The number of rotatable bonds is 4. The van der Waals surface area contributed by atoms with Crippen molar-refractivity contribution in [1.82, 2.24) is 9.88 Å². The highest BCUT2D eigenvalue weighted by atomic mass is 15.3. The Morgan fingerprint density at radius 3 is 2.89 bits per heavy atom. The van der Waals surface area contributed by atoms with Crippen LogP contribution >= 0.6 is 0 Å². The Balaban J connectivity index is 2.34. The van der Waals surface area contributed by atoms with Gasteiger partial charge in [0.25, 0.3) is 0 Å². The van der Waals surface area contributed by atoms with Gasteiger partial charge >= 0.3 is 0 Å². The van der Waals surface area contributed by atoms with Crippen molar-refractivity contribution in [2.24, 2.45) is 5.73 Å². The lowest BCUT2D eigenvalue weighted by Gasteiger charge is -2.29. The molecule has 1 atom stereocenters. The van der Waals surface area contributed by atoms with E-state index < -0.39 is 0 Å². The fourth-order valence-electron chi connectivity index (χ4n) is 2.70. The molecule has 0 aromatic carbocycles. The Bertz CT molecular complexity index is 469. The van der Waals surface area contributed by atoms with Gasteiger partial charge in [0.05, 0.1) is 5.56 Å². The number of aryl methyl sites for hydroxylation is 1. The molecule has 3 N–H and O–H groups in total. The molecule has 1 unspecified atom stereocenters. The molecule has 5 nitrogen and oxygen atoms in total. The smallest absolute Gasteiger partial charge is 0.140 e. The molecule has 1 fully saturated rings. The summed E-state index contributed by atoms with van der Waals surface area (Å²) in [5.74, 6) is 0.967. The van der Waals surface area contributed by atoms with Crippen molar-refractivity contribution in [2.75, 3.05) is 32.1 Å². The zero-order valence-corrected chi connectivity index (χ0v) is 12.0. The summed E-state index contributed by atoms with van der Waals surface area (Å²) in [5, 5.41) is 7.72. The quantitative estimate of drug-likeness (QED) is 0.631. The second kappa shape index (κ2) is 5.57.